The first kappa shape index (κ1) is 13.1. The van der Waals surface area contributed by atoms with Crippen molar-refractivity contribution in [2.24, 2.45) is 0 Å². The maximum atomic E-state index is 5.31. The normalized spacial score (nSPS) is 10.7. The van der Waals surface area contributed by atoms with Crippen LogP contribution in [0.3, 0.4) is 0 Å². The Morgan fingerprint density at radius 3 is 2.11 bits per heavy atom. The van der Waals surface area contributed by atoms with Crippen molar-refractivity contribution < 1.29 is 14.2 Å². The average molecular weight is 259 g/mol. The molecule has 0 atom stereocenters. The van der Waals surface area contributed by atoms with Crippen LogP contribution in [0.5, 0.6) is 17.2 Å². The molecule has 1 aromatic carbocycles. The number of aromatic amines is 1. The average Bonchev–Trinajstić information content (AvgIpc) is 2.97. The van der Waals surface area contributed by atoms with Crippen molar-refractivity contribution in [3.05, 3.63) is 41.7 Å². The van der Waals surface area contributed by atoms with E-state index in [1.165, 1.54) is 0 Å². The van der Waals surface area contributed by atoms with Crippen LogP contribution in [0.25, 0.3) is 12.2 Å². The fourth-order valence-corrected chi connectivity index (χ4v) is 1.83. The number of hydrogen-bond donors (Lipinski definition) is 1. The van der Waals surface area contributed by atoms with Gasteiger partial charge in [-0.3, -0.25) is 0 Å². The van der Waals surface area contributed by atoms with Gasteiger partial charge in [-0.25, -0.2) is 0 Å². The SMILES string of the molecule is COc1cc(/C=C/c2ccc[nH]2)cc(OC)c1OC. The van der Waals surface area contributed by atoms with E-state index in [1.807, 2.05) is 42.6 Å². The molecule has 1 aromatic heterocycles. The van der Waals surface area contributed by atoms with Crippen LogP contribution in [0.15, 0.2) is 30.5 Å². The number of benzene rings is 1. The van der Waals surface area contributed by atoms with Crippen LogP contribution in [-0.2, 0) is 0 Å². The van der Waals surface area contributed by atoms with E-state index >= 15 is 0 Å². The van der Waals surface area contributed by atoms with Crippen molar-refractivity contribution >= 4 is 12.2 Å². The third-order valence-electron chi connectivity index (χ3n) is 2.76. The fraction of sp³-hybridized carbons (Fsp3) is 0.200. The molecule has 1 heterocycles. The molecule has 0 aliphatic heterocycles. The molecule has 2 rings (SSSR count). The quantitative estimate of drug-likeness (QED) is 0.896. The first-order valence-electron chi connectivity index (χ1n) is 5.90. The third kappa shape index (κ3) is 2.91. The molecule has 0 aliphatic rings. The minimum absolute atomic E-state index is 0.599. The summed E-state index contributed by atoms with van der Waals surface area (Å²) in [5.74, 6) is 1.89. The Kier molecular flexibility index (Phi) is 4.13. The Bertz CT molecular complexity index is 534. The Balaban J connectivity index is 2.36. The van der Waals surface area contributed by atoms with E-state index in [2.05, 4.69) is 4.98 Å². The lowest BCUT2D eigenvalue weighted by molar-refractivity contribution is 0.324. The lowest BCUT2D eigenvalue weighted by Gasteiger charge is -2.12. The van der Waals surface area contributed by atoms with Gasteiger partial charge in [0.1, 0.15) is 0 Å². The van der Waals surface area contributed by atoms with E-state index in [0.717, 1.165) is 11.3 Å². The standard InChI is InChI=1S/C15H17NO3/c1-17-13-9-11(6-7-12-5-4-8-16-12)10-14(18-2)15(13)19-3/h4-10,16H,1-3H3/b7-6+. The molecule has 0 unspecified atom stereocenters. The summed E-state index contributed by atoms with van der Waals surface area (Å²) < 4.78 is 15.9. The number of aromatic nitrogens is 1. The highest BCUT2D eigenvalue weighted by Crippen LogP contribution is 2.38. The summed E-state index contributed by atoms with van der Waals surface area (Å²) in [7, 11) is 4.81. The van der Waals surface area contributed by atoms with Crippen molar-refractivity contribution in [2.75, 3.05) is 21.3 Å². The Hall–Kier alpha value is -2.36. The van der Waals surface area contributed by atoms with E-state index in [1.54, 1.807) is 21.3 Å². The molecule has 0 bridgehead atoms. The fourth-order valence-electron chi connectivity index (χ4n) is 1.83. The number of methoxy groups -OCH3 is 3. The second-order valence-corrected chi connectivity index (χ2v) is 3.92. The van der Waals surface area contributed by atoms with E-state index in [0.29, 0.717) is 17.2 Å². The summed E-state index contributed by atoms with van der Waals surface area (Å²) in [6.07, 6.45) is 5.85. The van der Waals surface area contributed by atoms with Gasteiger partial charge in [-0.2, -0.15) is 0 Å². The largest absolute Gasteiger partial charge is 0.493 e. The zero-order valence-corrected chi connectivity index (χ0v) is 11.3. The highest BCUT2D eigenvalue weighted by molar-refractivity contribution is 5.71. The van der Waals surface area contributed by atoms with Gasteiger partial charge in [0.05, 0.1) is 21.3 Å². The van der Waals surface area contributed by atoms with Crippen molar-refractivity contribution in [1.82, 2.24) is 4.98 Å². The lowest BCUT2D eigenvalue weighted by atomic mass is 10.1. The number of H-pyrrole nitrogens is 1. The molecule has 0 fully saturated rings. The van der Waals surface area contributed by atoms with Crippen molar-refractivity contribution in [3.63, 3.8) is 0 Å². The minimum atomic E-state index is 0.599. The molecule has 1 N–H and O–H groups in total. The minimum Gasteiger partial charge on any atom is -0.493 e. The van der Waals surface area contributed by atoms with Crippen LogP contribution < -0.4 is 14.2 Å². The van der Waals surface area contributed by atoms with Crippen LogP contribution >= 0.6 is 0 Å². The van der Waals surface area contributed by atoms with Gasteiger partial charge in [-0.05, 0) is 35.9 Å². The molecule has 0 saturated heterocycles. The highest BCUT2D eigenvalue weighted by Gasteiger charge is 2.11. The molecule has 4 heteroatoms. The molecule has 0 aliphatic carbocycles. The van der Waals surface area contributed by atoms with Crippen LogP contribution in [-0.4, -0.2) is 26.3 Å². The number of ether oxygens (including phenoxy) is 3. The molecule has 0 saturated carbocycles. The zero-order valence-electron chi connectivity index (χ0n) is 11.3. The topological polar surface area (TPSA) is 43.5 Å². The molecule has 0 radical (unpaired) electrons. The Morgan fingerprint density at radius 2 is 1.63 bits per heavy atom. The predicted molar refractivity (Wildman–Crippen MR) is 75.8 cm³/mol. The van der Waals surface area contributed by atoms with Crippen LogP contribution in [0, 0.1) is 0 Å². The van der Waals surface area contributed by atoms with Crippen molar-refractivity contribution in [1.29, 1.82) is 0 Å². The number of rotatable bonds is 5. The monoisotopic (exact) mass is 259 g/mol. The lowest BCUT2D eigenvalue weighted by Crippen LogP contribution is -1.95. The van der Waals surface area contributed by atoms with Crippen LogP contribution in [0.2, 0.25) is 0 Å². The molecular weight excluding hydrogens is 242 g/mol. The van der Waals surface area contributed by atoms with E-state index in [4.69, 9.17) is 14.2 Å². The number of nitrogens with one attached hydrogen (secondary N) is 1. The maximum Gasteiger partial charge on any atom is 0.203 e. The molecule has 2 aromatic rings. The summed E-state index contributed by atoms with van der Waals surface area (Å²) in [6.45, 7) is 0. The zero-order chi connectivity index (χ0) is 13.7. The summed E-state index contributed by atoms with van der Waals surface area (Å²) in [4.78, 5) is 3.11. The molecule has 0 amide bonds. The maximum absolute atomic E-state index is 5.31. The second-order valence-electron chi connectivity index (χ2n) is 3.92. The van der Waals surface area contributed by atoms with Crippen LogP contribution in [0.1, 0.15) is 11.3 Å². The van der Waals surface area contributed by atoms with Crippen LogP contribution in [0.4, 0.5) is 0 Å². The van der Waals surface area contributed by atoms with E-state index in [9.17, 15) is 0 Å². The molecule has 4 nitrogen and oxygen atoms in total. The summed E-state index contributed by atoms with van der Waals surface area (Å²) in [6, 6.07) is 7.75. The third-order valence-corrected chi connectivity index (χ3v) is 2.76. The molecular formula is C15H17NO3. The van der Waals surface area contributed by atoms with Gasteiger partial charge >= 0.3 is 0 Å². The van der Waals surface area contributed by atoms with Crippen molar-refractivity contribution in [3.8, 4) is 17.2 Å². The Labute approximate surface area is 112 Å². The smallest absolute Gasteiger partial charge is 0.203 e. The van der Waals surface area contributed by atoms with E-state index < -0.39 is 0 Å². The van der Waals surface area contributed by atoms with Gasteiger partial charge in [0.15, 0.2) is 11.5 Å². The summed E-state index contributed by atoms with van der Waals surface area (Å²) >= 11 is 0. The van der Waals surface area contributed by atoms with Gasteiger partial charge in [-0.1, -0.05) is 6.08 Å². The van der Waals surface area contributed by atoms with E-state index in [-0.39, 0.29) is 0 Å². The first-order valence-corrected chi connectivity index (χ1v) is 5.90. The summed E-state index contributed by atoms with van der Waals surface area (Å²) in [5, 5.41) is 0. The van der Waals surface area contributed by atoms with Gasteiger partial charge in [0.25, 0.3) is 0 Å². The first-order chi connectivity index (χ1) is 9.28. The second kappa shape index (κ2) is 6.00. The molecule has 0 spiro atoms. The molecule has 100 valence electrons. The van der Waals surface area contributed by atoms with Crippen molar-refractivity contribution in [2.45, 2.75) is 0 Å². The van der Waals surface area contributed by atoms with Gasteiger partial charge in [0.2, 0.25) is 5.75 Å². The van der Waals surface area contributed by atoms with Gasteiger partial charge in [0, 0.05) is 11.9 Å². The van der Waals surface area contributed by atoms with Gasteiger partial charge < -0.3 is 19.2 Å². The van der Waals surface area contributed by atoms with Gasteiger partial charge in [-0.15, -0.1) is 0 Å². The highest BCUT2D eigenvalue weighted by atomic mass is 16.5. The Morgan fingerprint density at radius 1 is 0.947 bits per heavy atom. The summed E-state index contributed by atoms with van der Waals surface area (Å²) in [5.41, 5.74) is 2.01. The number of hydrogen-bond acceptors (Lipinski definition) is 3. The molecule has 19 heavy (non-hydrogen) atoms. The predicted octanol–water partition coefficient (Wildman–Crippen LogP) is 3.21.